The van der Waals surface area contributed by atoms with E-state index in [4.69, 9.17) is 0 Å². The zero-order valence-electron chi connectivity index (χ0n) is 13.9. The normalized spacial score (nSPS) is 11.0. The number of aromatic nitrogens is 3. The Morgan fingerprint density at radius 3 is 2.57 bits per heavy atom. The molecular weight excluding hydrogens is 288 g/mol. The van der Waals surface area contributed by atoms with E-state index in [-0.39, 0.29) is 5.91 Å². The number of carbonyl (C=O) groups is 1. The van der Waals surface area contributed by atoms with Crippen molar-refractivity contribution in [3.05, 3.63) is 47.9 Å². The smallest absolute Gasteiger partial charge is 0.226 e. The minimum atomic E-state index is 0.0646. The highest BCUT2D eigenvalue weighted by Gasteiger charge is 2.20. The van der Waals surface area contributed by atoms with Crippen LogP contribution in [-0.2, 0) is 18.3 Å². The Bertz CT molecular complexity index is 863. The van der Waals surface area contributed by atoms with Gasteiger partial charge in [0.25, 0.3) is 0 Å². The van der Waals surface area contributed by atoms with Gasteiger partial charge in [-0.1, -0.05) is 29.8 Å². The van der Waals surface area contributed by atoms with Crippen molar-refractivity contribution in [2.45, 2.75) is 13.3 Å². The summed E-state index contributed by atoms with van der Waals surface area (Å²) in [5.74, 6) is 0.0646. The molecule has 0 saturated carbocycles. The first-order chi connectivity index (χ1) is 11.0. The maximum atomic E-state index is 12.3. The van der Waals surface area contributed by atoms with Crippen LogP contribution in [0.25, 0.3) is 22.3 Å². The fourth-order valence-corrected chi connectivity index (χ4v) is 2.81. The van der Waals surface area contributed by atoms with Crippen LogP contribution in [-0.4, -0.2) is 39.4 Å². The van der Waals surface area contributed by atoms with E-state index in [9.17, 15) is 4.79 Å². The minimum Gasteiger partial charge on any atom is -0.349 e. The molecule has 3 aromatic rings. The molecule has 1 amide bonds. The van der Waals surface area contributed by atoms with E-state index in [0.29, 0.717) is 6.42 Å². The summed E-state index contributed by atoms with van der Waals surface area (Å²) in [6.07, 6.45) is 3.66. The Morgan fingerprint density at radius 2 is 1.91 bits per heavy atom. The van der Waals surface area contributed by atoms with E-state index in [1.807, 2.05) is 11.6 Å². The molecule has 1 aromatic carbocycles. The lowest BCUT2D eigenvalue weighted by Gasteiger charge is -2.12. The fraction of sp³-hybridized carbons (Fsp3) is 0.278. The number of amides is 1. The number of aryl methyl sites for hydroxylation is 2. The number of hydrogen-bond donors (Lipinski definition) is 0. The molecule has 5 heteroatoms. The van der Waals surface area contributed by atoms with Crippen LogP contribution in [0, 0.1) is 6.92 Å². The van der Waals surface area contributed by atoms with Crippen LogP contribution >= 0.6 is 0 Å². The van der Waals surface area contributed by atoms with Crippen molar-refractivity contribution in [1.29, 1.82) is 0 Å². The zero-order valence-corrected chi connectivity index (χ0v) is 13.9. The second kappa shape index (κ2) is 5.83. The lowest BCUT2D eigenvalue weighted by Crippen LogP contribution is -2.23. The van der Waals surface area contributed by atoms with Gasteiger partial charge in [0.05, 0.1) is 12.1 Å². The van der Waals surface area contributed by atoms with Crippen LogP contribution in [0.4, 0.5) is 0 Å². The Morgan fingerprint density at radius 1 is 1.22 bits per heavy atom. The van der Waals surface area contributed by atoms with E-state index >= 15 is 0 Å². The highest BCUT2D eigenvalue weighted by molar-refractivity contribution is 5.93. The van der Waals surface area contributed by atoms with Crippen molar-refractivity contribution in [1.82, 2.24) is 19.4 Å². The summed E-state index contributed by atoms with van der Waals surface area (Å²) in [4.78, 5) is 22.4. The van der Waals surface area contributed by atoms with Crippen LogP contribution < -0.4 is 0 Å². The Hall–Kier alpha value is -2.69. The quantitative estimate of drug-likeness (QED) is 0.747. The third kappa shape index (κ3) is 2.70. The van der Waals surface area contributed by atoms with E-state index in [0.717, 1.165) is 27.9 Å². The van der Waals surface area contributed by atoms with Gasteiger partial charge in [0.2, 0.25) is 5.91 Å². The van der Waals surface area contributed by atoms with Gasteiger partial charge < -0.3 is 9.47 Å². The van der Waals surface area contributed by atoms with Crippen molar-refractivity contribution in [2.24, 2.45) is 7.05 Å². The Balaban J connectivity index is 2.24. The number of carbonyl (C=O) groups excluding carboxylic acids is 1. The summed E-state index contributed by atoms with van der Waals surface area (Å²) < 4.78 is 2.04. The van der Waals surface area contributed by atoms with Gasteiger partial charge >= 0.3 is 0 Å². The number of benzene rings is 1. The van der Waals surface area contributed by atoms with Gasteiger partial charge in [0, 0.05) is 32.7 Å². The number of fused-ring (bicyclic) bond motifs is 1. The summed E-state index contributed by atoms with van der Waals surface area (Å²) in [7, 11) is 5.53. The molecule has 0 aliphatic heterocycles. The van der Waals surface area contributed by atoms with Crippen LogP contribution in [0.3, 0.4) is 0 Å². The number of rotatable bonds is 3. The van der Waals surface area contributed by atoms with Gasteiger partial charge in [-0.3, -0.25) is 4.79 Å². The maximum Gasteiger partial charge on any atom is 0.226 e. The standard InChI is InChI=1S/C18H20N4O/c1-12-5-7-13(8-6-12)17-14(9-16(23)21(2)3)15-10-19-11-20-18(15)22(17)4/h5-8,10-11H,9H2,1-4H3. The molecule has 0 aliphatic rings. The van der Waals surface area contributed by atoms with Gasteiger partial charge in [-0.05, 0) is 18.1 Å². The molecule has 0 radical (unpaired) electrons. The average Bonchev–Trinajstić information content (AvgIpc) is 2.81. The Kier molecular flexibility index (Phi) is 3.86. The van der Waals surface area contributed by atoms with E-state index in [2.05, 4.69) is 41.2 Å². The summed E-state index contributed by atoms with van der Waals surface area (Å²) in [6, 6.07) is 8.33. The lowest BCUT2D eigenvalue weighted by atomic mass is 10.0. The molecule has 3 rings (SSSR count). The fourth-order valence-electron chi connectivity index (χ4n) is 2.81. The molecule has 118 valence electrons. The van der Waals surface area contributed by atoms with Crippen molar-refractivity contribution >= 4 is 16.9 Å². The van der Waals surface area contributed by atoms with E-state index < -0.39 is 0 Å². The van der Waals surface area contributed by atoms with E-state index in [1.165, 1.54) is 5.56 Å². The summed E-state index contributed by atoms with van der Waals surface area (Å²) in [6.45, 7) is 2.06. The molecule has 0 saturated heterocycles. The van der Waals surface area contributed by atoms with Crippen LogP contribution in [0.15, 0.2) is 36.8 Å². The molecule has 2 heterocycles. The number of likely N-dealkylation sites (N-methyl/N-ethyl adjacent to an activating group) is 1. The van der Waals surface area contributed by atoms with Crippen LogP contribution in [0.1, 0.15) is 11.1 Å². The first-order valence-electron chi connectivity index (χ1n) is 7.53. The van der Waals surface area contributed by atoms with Gasteiger partial charge in [-0.2, -0.15) is 0 Å². The molecule has 23 heavy (non-hydrogen) atoms. The molecule has 5 nitrogen and oxygen atoms in total. The predicted molar refractivity (Wildman–Crippen MR) is 91.1 cm³/mol. The van der Waals surface area contributed by atoms with Crippen LogP contribution in [0.2, 0.25) is 0 Å². The van der Waals surface area contributed by atoms with Crippen molar-refractivity contribution in [3.8, 4) is 11.3 Å². The number of hydrogen-bond acceptors (Lipinski definition) is 3. The highest BCUT2D eigenvalue weighted by atomic mass is 16.2. The molecule has 0 bridgehead atoms. The van der Waals surface area contributed by atoms with Gasteiger partial charge in [0.15, 0.2) is 0 Å². The molecule has 0 aliphatic carbocycles. The monoisotopic (exact) mass is 308 g/mol. The molecule has 0 atom stereocenters. The SMILES string of the molecule is Cc1ccc(-c2c(CC(=O)N(C)C)c3cncnc3n2C)cc1. The van der Waals surface area contributed by atoms with Crippen molar-refractivity contribution < 1.29 is 4.79 Å². The van der Waals surface area contributed by atoms with Crippen LogP contribution in [0.5, 0.6) is 0 Å². The zero-order chi connectivity index (χ0) is 16.6. The molecule has 0 N–H and O–H groups in total. The third-order valence-corrected chi connectivity index (χ3v) is 4.11. The van der Waals surface area contributed by atoms with Crippen molar-refractivity contribution in [2.75, 3.05) is 14.1 Å². The third-order valence-electron chi connectivity index (χ3n) is 4.11. The molecule has 0 unspecified atom stereocenters. The largest absolute Gasteiger partial charge is 0.349 e. The Labute approximate surface area is 135 Å². The second-order valence-electron chi connectivity index (χ2n) is 5.98. The average molecular weight is 308 g/mol. The first-order valence-corrected chi connectivity index (χ1v) is 7.53. The second-order valence-corrected chi connectivity index (χ2v) is 5.98. The molecule has 0 spiro atoms. The lowest BCUT2D eigenvalue weighted by molar-refractivity contribution is -0.127. The first kappa shape index (κ1) is 15.2. The predicted octanol–water partition coefficient (Wildman–Crippen LogP) is 2.57. The van der Waals surface area contributed by atoms with Crippen molar-refractivity contribution in [3.63, 3.8) is 0 Å². The topological polar surface area (TPSA) is 51.0 Å². The van der Waals surface area contributed by atoms with Gasteiger partial charge in [0.1, 0.15) is 12.0 Å². The molecule has 2 aromatic heterocycles. The molecule has 0 fully saturated rings. The maximum absolute atomic E-state index is 12.3. The minimum absolute atomic E-state index is 0.0646. The highest BCUT2D eigenvalue weighted by Crippen LogP contribution is 2.32. The summed E-state index contributed by atoms with van der Waals surface area (Å²) >= 11 is 0. The summed E-state index contributed by atoms with van der Waals surface area (Å²) in [5, 5.41) is 0.931. The van der Waals surface area contributed by atoms with E-state index in [1.54, 1.807) is 31.5 Å². The number of nitrogens with zero attached hydrogens (tertiary/aromatic N) is 4. The van der Waals surface area contributed by atoms with Gasteiger partial charge in [-0.25, -0.2) is 9.97 Å². The van der Waals surface area contributed by atoms with Gasteiger partial charge in [-0.15, -0.1) is 0 Å². The summed E-state index contributed by atoms with van der Waals surface area (Å²) in [5.41, 5.74) is 5.13. The molecular formula is C18H20N4O.